The Kier molecular flexibility index (Phi) is 7.02. The lowest BCUT2D eigenvalue weighted by molar-refractivity contribution is 0.174. The lowest BCUT2D eigenvalue weighted by Crippen LogP contribution is -2.38. The number of guanidine groups is 1. The Balaban J connectivity index is 0.00000225. The fraction of sp³-hybridized carbons (Fsp3) is 0.286. The monoisotopic (exact) mass is 492 g/mol. The molecular weight excluding hydrogens is 467 g/mol. The van der Waals surface area contributed by atoms with E-state index in [4.69, 9.17) is 9.47 Å². The number of fused-ring (bicyclic) bond motifs is 2. The van der Waals surface area contributed by atoms with Crippen molar-refractivity contribution in [3.8, 4) is 11.5 Å². The van der Waals surface area contributed by atoms with Gasteiger partial charge < -0.3 is 25.1 Å². The number of rotatable bonds is 6. The molecule has 0 saturated carbocycles. The van der Waals surface area contributed by atoms with E-state index < -0.39 is 0 Å². The number of aliphatic imine (C=N–C) groups is 1. The number of nitrogens with zero attached hydrogens (tertiary/aromatic N) is 1. The summed E-state index contributed by atoms with van der Waals surface area (Å²) in [5, 5.41) is 7.99. The Labute approximate surface area is 181 Å². The Bertz CT molecular complexity index is 954. The van der Waals surface area contributed by atoms with E-state index in [0.717, 1.165) is 42.5 Å². The van der Waals surface area contributed by atoms with Crippen LogP contribution in [0.3, 0.4) is 0 Å². The molecule has 0 amide bonds. The summed E-state index contributed by atoms with van der Waals surface area (Å²) in [6, 6.07) is 14.3. The number of para-hydroxylation sites is 1. The first-order valence-corrected chi connectivity index (χ1v) is 9.29. The normalized spacial score (nSPS) is 12.7. The van der Waals surface area contributed by atoms with Crippen molar-refractivity contribution in [3.63, 3.8) is 0 Å². The number of hydrogen-bond acceptors (Lipinski definition) is 3. The second-order valence-electron chi connectivity index (χ2n) is 6.42. The second-order valence-corrected chi connectivity index (χ2v) is 6.42. The summed E-state index contributed by atoms with van der Waals surface area (Å²) in [5.41, 5.74) is 3.58. The van der Waals surface area contributed by atoms with Crippen molar-refractivity contribution >= 4 is 40.8 Å². The maximum Gasteiger partial charge on any atom is 0.231 e. The highest BCUT2D eigenvalue weighted by molar-refractivity contribution is 14.0. The first-order valence-electron chi connectivity index (χ1n) is 9.29. The molecule has 0 fully saturated rings. The molecule has 3 aromatic rings. The molecule has 28 heavy (non-hydrogen) atoms. The largest absolute Gasteiger partial charge is 0.454 e. The van der Waals surface area contributed by atoms with Gasteiger partial charge in [-0.2, -0.15) is 0 Å². The summed E-state index contributed by atoms with van der Waals surface area (Å²) >= 11 is 0. The highest BCUT2D eigenvalue weighted by Crippen LogP contribution is 2.32. The van der Waals surface area contributed by atoms with Gasteiger partial charge in [-0.15, -0.1) is 24.0 Å². The van der Waals surface area contributed by atoms with Gasteiger partial charge in [0.05, 0.1) is 6.54 Å². The average molecular weight is 492 g/mol. The van der Waals surface area contributed by atoms with Crippen LogP contribution in [0.15, 0.2) is 53.7 Å². The quantitative estimate of drug-likeness (QED) is 0.278. The van der Waals surface area contributed by atoms with Gasteiger partial charge in [-0.3, -0.25) is 0 Å². The fourth-order valence-electron chi connectivity index (χ4n) is 3.21. The van der Waals surface area contributed by atoms with Crippen molar-refractivity contribution in [3.05, 3.63) is 59.8 Å². The zero-order chi connectivity index (χ0) is 18.5. The van der Waals surface area contributed by atoms with Gasteiger partial charge >= 0.3 is 0 Å². The minimum atomic E-state index is 0. The summed E-state index contributed by atoms with van der Waals surface area (Å²) in [6.45, 7) is 4.57. The van der Waals surface area contributed by atoms with Gasteiger partial charge in [0.2, 0.25) is 6.79 Å². The molecule has 1 aliphatic rings. The Morgan fingerprint density at radius 3 is 2.86 bits per heavy atom. The molecule has 7 heteroatoms. The van der Waals surface area contributed by atoms with Crippen LogP contribution < -0.4 is 20.1 Å². The van der Waals surface area contributed by atoms with Crippen LogP contribution in [0.2, 0.25) is 0 Å². The third kappa shape index (κ3) is 4.70. The van der Waals surface area contributed by atoms with Crippen molar-refractivity contribution in [1.29, 1.82) is 0 Å². The van der Waals surface area contributed by atoms with Gasteiger partial charge in [0.25, 0.3) is 0 Å². The molecule has 4 rings (SSSR count). The Morgan fingerprint density at radius 2 is 1.96 bits per heavy atom. The van der Waals surface area contributed by atoms with E-state index in [-0.39, 0.29) is 24.0 Å². The number of hydrogen-bond donors (Lipinski definition) is 3. The number of H-pyrrole nitrogens is 1. The predicted molar refractivity (Wildman–Crippen MR) is 123 cm³/mol. The van der Waals surface area contributed by atoms with Crippen LogP contribution in [0, 0.1) is 0 Å². The van der Waals surface area contributed by atoms with E-state index in [1.165, 1.54) is 16.5 Å². The molecule has 3 N–H and O–H groups in total. The van der Waals surface area contributed by atoms with Crippen LogP contribution in [0.5, 0.6) is 11.5 Å². The van der Waals surface area contributed by atoms with Gasteiger partial charge in [0.1, 0.15) is 0 Å². The molecule has 2 heterocycles. The van der Waals surface area contributed by atoms with Crippen LogP contribution in [-0.4, -0.2) is 30.8 Å². The molecule has 1 aliphatic heterocycles. The minimum absolute atomic E-state index is 0. The summed E-state index contributed by atoms with van der Waals surface area (Å²) < 4.78 is 10.8. The van der Waals surface area contributed by atoms with Crippen molar-refractivity contribution in [1.82, 2.24) is 15.6 Å². The standard InChI is InChI=1S/C21H24N4O2.HI/c1-2-22-21(25-12-15-7-8-19-20(11-15)27-14-26-19)23-10-9-16-13-24-18-6-4-3-5-17(16)18;/h3-8,11,13,24H,2,9-10,12,14H2,1H3,(H2,22,23,25);1H. The van der Waals surface area contributed by atoms with Gasteiger partial charge in [0.15, 0.2) is 17.5 Å². The first-order chi connectivity index (χ1) is 13.3. The zero-order valence-electron chi connectivity index (χ0n) is 15.8. The molecular formula is C21H25IN4O2. The zero-order valence-corrected chi connectivity index (χ0v) is 18.2. The number of benzene rings is 2. The SMILES string of the molecule is CCNC(=NCc1ccc2c(c1)OCO2)NCCc1c[nH]c2ccccc12.I. The van der Waals surface area contributed by atoms with Gasteiger partial charge in [-0.05, 0) is 42.7 Å². The maximum atomic E-state index is 5.43. The smallest absolute Gasteiger partial charge is 0.231 e. The molecule has 0 saturated heterocycles. The van der Waals surface area contributed by atoms with Gasteiger partial charge in [-0.1, -0.05) is 24.3 Å². The summed E-state index contributed by atoms with van der Waals surface area (Å²) in [5.74, 6) is 2.40. The van der Waals surface area contributed by atoms with Gasteiger partial charge in [-0.25, -0.2) is 4.99 Å². The highest BCUT2D eigenvalue weighted by Gasteiger charge is 2.13. The topological polar surface area (TPSA) is 70.7 Å². The molecule has 0 bridgehead atoms. The molecule has 1 aromatic heterocycles. The van der Waals surface area contributed by atoms with E-state index in [1.807, 2.05) is 24.3 Å². The molecule has 0 atom stereocenters. The number of ether oxygens (including phenoxy) is 2. The van der Waals surface area contributed by atoms with E-state index in [9.17, 15) is 0 Å². The number of aromatic nitrogens is 1. The lowest BCUT2D eigenvalue weighted by Gasteiger charge is -2.11. The van der Waals surface area contributed by atoms with E-state index >= 15 is 0 Å². The van der Waals surface area contributed by atoms with Crippen LogP contribution in [0.4, 0.5) is 0 Å². The predicted octanol–water partition coefficient (Wildman–Crippen LogP) is 3.81. The van der Waals surface area contributed by atoms with Crippen molar-refractivity contribution in [2.75, 3.05) is 19.9 Å². The third-order valence-electron chi connectivity index (χ3n) is 4.56. The van der Waals surface area contributed by atoms with Crippen molar-refractivity contribution in [2.24, 2.45) is 4.99 Å². The van der Waals surface area contributed by atoms with E-state index in [2.05, 4.69) is 51.9 Å². The van der Waals surface area contributed by atoms with E-state index in [0.29, 0.717) is 13.3 Å². The summed E-state index contributed by atoms with van der Waals surface area (Å²) in [7, 11) is 0. The molecule has 0 unspecified atom stereocenters. The number of halogens is 1. The lowest BCUT2D eigenvalue weighted by atomic mass is 10.1. The molecule has 2 aromatic carbocycles. The van der Waals surface area contributed by atoms with Crippen LogP contribution in [0.25, 0.3) is 10.9 Å². The average Bonchev–Trinajstić information content (AvgIpc) is 3.32. The maximum absolute atomic E-state index is 5.43. The minimum Gasteiger partial charge on any atom is -0.454 e. The summed E-state index contributed by atoms with van der Waals surface area (Å²) in [6.07, 6.45) is 3.02. The van der Waals surface area contributed by atoms with E-state index in [1.54, 1.807) is 0 Å². The van der Waals surface area contributed by atoms with Gasteiger partial charge in [0, 0.05) is 30.2 Å². The molecule has 0 aliphatic carbocycles. The highest BCUT2D eigenvalue weighted by atomic mass is 127. The number of nitrogens with one attached hydrogen (secondary N) is 3. The number of aromatic amines is 1. The fourth-order valence-corrected chi connectivity index (χ4v) is 3.21. The third-order valence-corrected chi connectivity index (χ3v) is 4.56. The van der Waals surface area contributed by atoms with Crippen LogP contribution in [0.1, 0.15) is 18.1 Å². The van der Waals surface area contributed by atoms with Crippen molar-refractivity contribution < 1.29 is 9.47 Å². The molecule has 148 valence electrons. The summed E-state index contributed by atoms with van der Waals surface area (Å²) in [4.78, 5) is 8.00. The molecule has 0 spiro atoms. The second kappa shape index (κ2) is 9.68. The van der Waals surface area contributed by atoms with Crippen LogP contribution in [-0.2, 0) is 13.0 Å². The molecule has 6 nitrogen and oxygen atoms in total. The van der Waals surface area contributed by atoms with Crippen molar-refractivity contribution in [2.45, 2.75) is 19.9 Å². The van der Waals surface area contributed by atoms with Crippen LogP contribution >= 0.6 is 24.0 Å². The molecule has 0 radical (unpaired) electrons. The first kappa shape index (κ1) is 20.3. The Hall–Kier alpha value is -2.42. The Morgan fingerprint density at radius 1 is 1.11 bits per heavy atom.